The van der Waals surface area contributed by atoms with Crippen LogP contribution in [-0.2, 0) is 6.54 Å². The zero-order chi connectivity index (χ0) is 10.3. The van der Waals surface area contributed by atoms with Gasteiger partial charge in [0.05, 0.1) is 0 Å². The molecule has 0 radical (unpaired) electrons. The lowest BCUT2D eigenvalue weighted by atomic mass is 9.96. The van der Waals surface area contributed by atoms with E-state index in [0.717, 1.165) is 19.0 Å². The molecule has 1 aromatic heterocycles. The van der Waals surface area contributed by atoms with Crippen LogP contribution in [0.15, 0.2) is 4.52 Å². The first-order chi connectivity index (χ1) is 7.40. The minimum absolute atomic E-state index is 0.692. The van der Waals surface area contributed by atoms with E-state index in [4.69, 9.17) is 4.52 Å². The van der Waals surface area contributed by atoms with Gasteiger partial charge in [-0.05, 0) is 38.1 Å². The molecule has 0 aliphatic heterocycles. The van der Waals surface area contributed by atoms with E-state index in [1.807, 2.05) is 0 Å². The number of fused-ring (bicyclic) bond motifs is 5. The van der Waals surface area contributed by atoms with Crippen molar-refractivity contribution in [1.29, 1.82) is 0 Å². The van der Waals surface area contributed by atoms with Crippen LogP contribution in [0.25, 0.3) is 0 Å². The molecular formula is C12H18N2O. The predicted octanol–water partition coefficient (Wildman–Crippen LogP) is 2.54. The second-order valence-electron chi connectivity index (χ2n) is 4.79. The van der Waals surface area contributed by atoms with Gasteiger partial charge in [0.1, 0.15) is 11.5 Å². The maximum Gasteiger partial charge on any atom is 0.143 e. The van der Waals surface area contributed by atoms with Crippen molar-refractivity contribution in [1.82, 2.24) is 10.5 Å². The van der Waals surface area contributed by atoms with Crippen molar-refractivity contribution in [2.45, 2.75) is 51.0 Å². The second-order valence-corrected chi connectivity index (χ2v) is 4.79. The molecule has 2 atom stereocenters. The highest BCUT2D eigenvalue weighted by molar-refractivity contribution is 5.37. The van der Waals surface area contributed by atoms with Gasteiger partial charge in [-0.1, -0.05) is 12.1 Å². The molecule has 1 saturated carbocycles. The summed E-state index contributed by atoms with van der Waals surface area (Å²) in [6.45, 7) is 4.13. The largest absolute Gasteiger partial charge is 0.360 e. The highest BCUT2D eigenvalue weighted by Crippen LogP contribution is 2.54. The van der Waals surface area contributed by atoms with Gasteiger partial charge in [-0.25, -0.2) is 0 Å². The molecule has 2 aliphatic carbocycles. The maximum absolute atomic E-state index is 5.48. The number of nitrogens with zero attached hydrogens (tertiary/aromatic N) is 1. The zero-order valence-corrected chi connectivity index (χ0v) is 9.25. The van der Waals surface area contributed by atoms with Crippen LogP contribution in [0.1, 0.15) is 61.5 Å². The van der Waals surface area contributed by atoms with Gasteiger partial charge in [-0.15, -0.1) is 0 Å². The van der Waals surface area contributed by atoms with E-state index in [0.29, 0.717) is 5.92 Å². The third kappa shape index (κ3) is 1.41. The fourth-order valence-electron chi connectivity index (χ4n) is 3.07. The van der Waals surface area contributed by atoms with Crippen LogP contribution in [0.5, 0.6) is 0 Å². The summed E-state index contributed by atoms with van der Waals surface area (Å²) in [5.74, 6) is 2.66. The van der Waals surface area contributed by atoms with E-state index in [1.165, 1.54) is 42.7 Å². The summed E-state index contributed by atoms with van der Waals surface area (Å²) in [6.07, 6.45) is 5.15. The van der Waals surface area contributed by atoms with Gasteiger partial charge in [0, 0.05) is 18.0 Å². The molecule has 2 bridgehead atoms. The Kier molecular flexibility index (Phi) is 2.28. The molecule has 2 unspecified atom stereocenters. The molecule has 3 rings (SSSR count). The van der Waals surface area contributed by atoms with Crippen LogP contribution in [-0.4, -0.2) is 11.7 Å². The molecule has 3 heteroatoms. The van der Waals surface area contributed by atoms with E-state index in [2.05, 4.69) is 17.4 Å². The monoisotopic (exact) mass is 206 g/mol. The molecule has 3 nitrogen and oxygen atoms in total. The average molecular weight is 206 g/mol. The van der Waals surface area contributed by atoms with E-state index in [1.54, 1.807) is 0 Å². The van der Waals surface area contributed by atoms with Crippen molar-refractivity contribution in [2.24, 2.45) is 0 Å². The lowest BCUT2D eigenvalue weighted by Crippen LogP contribution is -2.15. The van der Waals surface area contributed by atoms with Crippen LogP contribution in [0.2, 0.25) is 0 Å². The topological polar surface area (TPSA) is 38.1 Å². The Balaban J connectivity index is 1.77. The third-order valence-electron chi connectivity index (χ3n) is 3.76. The Bertz CT molecular complexity index is 359. The van der Waals surface area contributed by atoms with Gasteiger partial charge in [-0.2, -0.15) is 0 Å². The summed E-state index contributed by atoms with van der Waals surface area (Å²) < 4.78 is 5.48. The van der Waals surface area contributed by atoms with Crippen molar-refractivity contribution in [3.8, 4) is 0 Å². The number of nitrogens with one attached hydrogen (secondary N) is 1. The van der Waals surface area contributed by atoms with E-state index < -0.39 is 0 Å². The molecular weight excluding hydrogens is 188 g/mol. The molecule has 0 aromatic carbocycles. The number of hydrogen-bond acceptors (Lipinski definition) is 3. The molecule has 82 valence electrons. The first-order valence-corrected chi connectivity index (χ1v) is 6.09. The Morgan fingerprint density at radius 1 is 1.40 bits per heavy atom. The van der Waals surface area contributed by atoms with E-state index in [-0.39, 0.29) is 0 Å². The smallest absolute Gasteiger partial charge is 0.143 e. The molecule has 1 aromatic rings. The first-order valence-electron chi connectivity index (χ1n) is 6.09. The molecule has 1 fully saturated rings. The zero-order valence-electron chi connectivity index (χ0n) is 9.25. The molecule has 2 aliphatic rings. The summed E-state index contributed by atoms with van der Waals surface area (Å²) in [6, 6.07) is 0. The summed E-state index contributed by atoms with van der Waals surface area (Å²) in [5, 5.41) is 7.62. The van der Waals surface area contributed by atoms with Crippen molar-refractivity contribution in [2.75, 3.05) is 6.54 Å². The standard InChI is InChI=1S/C12H18N2O/c1-2-5-13-7-10-11-8-3-4-9(6-8)12(11)15-14-10/h8-9,13H,2-7H2,1H3. The lowest BCUT2D eigenvalue weighted by Gasteiger charge is -2.09. The molecule has 0 spiro atoms. The van der Waals surface area contributed by atoms with Gasteiger partial charge in [-0.3, -0.25) is 0 Å². The Morgan fingerprint density at radius 2 is 2.27 bits per heavy atom. The Labute approximate surface area is 90.2 Å². The van der Waals surface area contributed by atoms with Gasteiger partial charge >= 0.3 is 0 Å². The number of hydrogen-bond donors (Lipinski definition) is 1. The fraction of sp³-hybridized carbons (Fsp3) is 0.750. The molecule has 0 saturated heterocycles. The fourth-order valence-corrected chi connectivity index (χ4v) is 3.07. The normalized spacial score (nSPS) is 27.3. The first kappa shape index (κ1) is 9.40. The maximum atomic E-state index is 5.48. The number of aromatic nitrogens is 1. The van der Waals surface area contributed by atoms with Gasteiger partial charge in [0.2, 0.25) is 0 Å². The second kappa shape index (κ2) is 3.63. The van der Waals surface area contributed by atoms with Gasteiger partial charge in [0.15, 0.2) is 0 Å². The lowest BCUT2D eigenvalue weighted by molar-refractivity contribution is 0.357. The Morgan fingerprint density at radius 3 is 3.13 bits per heavy atom. The third-order valence-corrected chi connectivity index (χ3v) is 3.76. The highest BCUT2D eigenvalue weighted by Gasteiger charge is 2.42. The van der Waals surface area contributed by atoms with Crippen LogP contribution in [0.3, 0.4) is 0 Å². The Hall–Kier alpha value is -0.830. The summed E-state index contributed by atoms with van der Waals surface area (Å²) in [4.78, 5) is 0. The average Bonchev–Trinajstić information content (AvgIpc) is 2.89. The minimum atomic E-state index is 0.692. The highest BCUT2D eigenvalue weighted by atomic mass is 16.5. The van der Waals surface area contributed by atoms with Crippen LogP contribution >= 0.6 is 0 Å². The summed E-state index contributed by atoms with van der Waals surface area (Å²) in [7, 11) is 0. The predicted molar refractivity (Wildman–Crippen MR) is 57.8 cm³/mol. The number of rotatable bonds is 4. The molecule has 1 heterocycles. The van der Waals surface area contributed by atoms with E-state index in [9.17, 15) is 0 Å². The van der Waals surface area contributed by atoms with Crippen molar-refractivity contribution in [3.05, 3.63) is 17.0 Å². The van der Waals surface area contributed by atoms with Gasteiger partial charge < -0.3 is 9.84 Å². The summed E-state index contributed by atoms with van der Waals surface area (Å²) in [5.41, 5.74) is 2.63. The van der Waals surface area contributed by atoms with E-state index >= 15 is 0 Å². The quantitative estimate of drug-likeness (QED) is 0.769. The molecule has 1 N–H and O–H groups in total. The summed E-state index contributed by atoms with van der Waals surface area (Å²) >= 11 is 0. The van der Waals surface area contributed by atoms with Gasteiger partial charge in [0.25, 0.3) is 0 Å². The molecule has 15 heavy (non-hydrogen) atoms. The SMILES string of the molecule is CCCNCc1noc2c1C1CCC2C1. The van der Waals surface area contributed by atoms with Crippen LogP contribution < -0.4 is 5.32 Å². The molecule has 0 amide bonds. The van der Waals surface area contributed by atoms with Crippen LogP contribution in [0.4, 0.5) is 0 Å². The van der Waals surface area contributed by atoms with Crippen molar-refractivity contribution in [3.63, 3.8) is 0 Å². The van der Waals surface area contributed by atoms with Crippen molar-refractivity contribution >= 4 is 0 Å². The minimum Gasteiger partial charge on any atom is -0.360 e. The van der Waals surface area contributed by atoms with Crippen LogP contribution in [0, 0.1) is 0 Å². The van der Waals surface area contributed by atoms with Crippen molar-refractivity contribution < 1.29 is 4.52 Å².